The van der Waals surface area contributed by atoms with Gasteiger partial charge >= 0.3 is 0 Å². The maximum Gasteiger partial charge on any atom is 0.157 e. The van der Waals surface area contributed by atoms with Crippen LogP contribution in [0.1, 0.15) is 48.3 Å². The van der Waals surface area contributed by atoms with Crippen LogP contribution in [0.15, 0.2) is 177 Å². The second-order valence-electron chi connectivity index (χ2n) is 14.6. The molecular formula is C49H42FN7. The lowest BCUT2D eigenvalue weighted by Gasteiger charge is -2.38. The number of halogens is 1. The molecule has 5 aromatic carbocycles. The van der Waals surface area contributed by atoms with Crippen molar-refractivity contribution in [1.29, 1.82) is 5.41 Å². The van der Waals surface area contributed by atoms with E-state index in [1.165, 1.54) is 12.1 Å². The number of nitrogens with zero attached hydrogens (tertiary/aromatic N) is 3. The minimum absolute atomic E-state index is 0.163. The van der Waals surface area contributed by atoms with E-state index in [0.29, 0.717) is 39.5 Å². The van der Waals surface area contributed by atoms with E-state index in [9.17, 15) is 9.80 Å². The highest BCUT2D eigenvalue weighted by molar-refractivity contribution is 6.14. The lowest BCUT2D eigenvalue weighted by Crippen LogP contribution is -2.38. The second kappa shape index (κ2) is 15.9. The molecule has 8 heteroatoms. The third kappa shape index (κ3) is 7.58. The molecule has 4 N–H and O–H groups in total. The summed E-state index contributed by atoms with van der Waals surface area (Å²) in [5.41, 5.74) is 9.78. The van der Waals surface area contributed by atoms with Gasteiger partial charge in [-0.2, -0.15) is 0 Å². The van der Waals surface area contributed by atoms with Gasteiger partial charge in [0.15, 0.2) is 5.82 Å². The first-order valence-electron chi connectivity index (χ1n) is 19.0. The fourth-order valence-electron chi connectivity index (χ4n) is 7.48. The number of imidazole rings is 1. The summed E-state index contributed by atoms with van der Waals surface area (Å²) in [6, 6.07) is 45.6. The van der Waals surface area contributed by atoms with Crippen LogP contribution in [0, 0.1) is 17.1 Å². The van der Waals surface area contributed by atoms with Crippen LogP contribution in [0.3, 0.4) is 0 Å². The van der Waals surface area contributed by atoms with Gasteiger partial charge < -0.3 is 15.6 Å². The van der Waals surface area contributed by atoms with Gasteiger partial charge in [-0.05, 0) is 70.5 Å². The van der Waals surface area contributed by atoms with Crippen molar-refractivity contribution in [2.45, 2.75) is 25.8 Å². The van der Waals surface area contributed by atoms with Crippen LogP contribution >= 0.6 is 0 Å². The average Bonchev–Trinajstić information content (AvgIpc) is 3.68. The first-order chi connectivity index (χ1) is 27.8. The third-order valence-corrected chi connectivity index (χ3v) is 10.0. The predicted octanol–water partition coefficient (Wildman–Crippen LogP) is 11.6. The summed E-state index contributed by atoms with van der Waals surface area (Å²) in [6.07, 6.45) is 7.82. The van der Waals surface area contributed by atoms with Gasteiger partial charge in [0.05, 0.1) is 29.1 Å². The molecule has 0 aliphatic carbocycles. The Labute approximate surface area is 332 Å². The molecule has 0 spiro atoms. The predicted molar refractivity (Wildman–Crippen MR) is 230 cm³/mol. The van der Waals surface area contributed by atoms with E-state index in [-0.39, 0.29) is 11.5 Å². The van der Waals surface area contributed by atoms with Crippen LogP contribution < -0.4 is 10.6 Å². The molecule has 0 fully saturated rings. The van der Waals surface area contributed by atoms with Crippen molar-refractivity contribution in [3.8, 4) is 22.3 Å². The SMILES string of the molecule is C=C(CC(C)C)Nc1cncc(-c2ccc(NC(c3ccccc3)(c3ccccc3)c3ccccc3)c(C(=N)c3nc4c(-c5cccc(F)c5)cncc4[nH]3)c2)c1. The number of pyridine rings is 2. The number of anilines is 2. The van der Waals surface area contributed by atoms with Gasteiger partial charge in [-0.25, -0.2) is 9.37 Å². The van der Waals surface area contributed by atoms with Gasteiger partial charge in [0.1, 0.15) is 17.1 Å². The fourth-order valence-corrected chi connectivity index (χ4v) is 7.48. The van der Waals surface area contributed by atoms with Crippen molar-refractivity contribution in [2.24, 2.45) is 5.92 Å². The molecule has 0 aliphatic heterocycles. The summed E-state index contributed by atoms with van der Waals surface area (Å²) in [4.78, 5) is 17.3. The van der Waals surface area contributed by atoms with Crippen LogP contribution in [0.4, 0.5) is 15.8 Å². The zero-order chi connectivity index (χ0) is 39.4. The topological polar surface area (TPSA) is 102 Å². The molecule has 8 rings (SSSR count). The minimum Gasteiger partial charge on any atom is -0.367 e. The van der Waals surface area contributed by atoms with Gasteiger partial charge in [-0.1, -0.05) is 130 Å². The Balaban J connectivity index is 1.31. The molecule has 0 bridgehead atoms. The number of fused-ring (bicyclic) bond motifs is 1. The summed E-state index contributed by atoms with van der Waals surface area (Å²) >= 11 is 0. The normalized spacial score (nSPS) is 11.4. The zero-order valence-electron chi connectivity index (χ0n) is 31.8. The Bertz CT molecular complexity index is 2590. The van der Waals surface area contributed by atoms with Gasteiger partial charge in [0.2, 0.25) is 0 Å². The highest BCUT2D eigenvalue weighted by Gasteiger charge is 2.37. The first kappa shape index (κ1) is 36.8. The molecular weight excluding hydrogens is 706 g/mol. The largest absolute Gasteiger partial charge is 0.367 e. The standard InChI is InChI=1S/C49H42FN7/c1-32(2)24-33(3)54-41-26-36(28-52-29-41)34-22-23-44(57-49(37-15-7-4-8-16-37,38-17-9-5-10-18-38)39-19-11-6-12-20-39)42(27-34)46(51)48-55-45-31-53-30-43(47(45)56-48)35-14-13-21-40(50)25-35/h4-23,25-32,51,54,57H,3,24H2,1-2H3,(H,55,56). The van der Waals surface area contributed by atoms with E-state index in [0.717, 1.165) is 51.3 Å². The quantitative estimate of drug-likeness (QED) is 0.0695. The Kier molecular flexibility index (Phi) is 10.2. The van der Waals surface area contributed by atoms with E-state index < -0.39 is 5.54 Å². The van der Waals surface area contributed by atoms with E-state index in [4.69, 9.17) is 4.98 Å². The summed E-state index contributed by atoms with van der Waals surface area (Å²) in [7, 11) is 0. The number of nitrogens with one attached hydrogen (secondary N) is 4. The molecule has 0 unspecified atom stereocenters. The lowest BCUT2D eigenvalue weighted by molar-refractivity contribution is 0.628. The molecule has 8 aromatic rings. The van der Waals surface area contributed by atoms with Crippen molar-refractivity contribution in [2.75, 3.05) is 10.6 Å². The monoisotopic (exact) mass is 747 g/mol. The molecule has 3 heterocycles. The fraction of sp³-hybridized carbons (Fsp3) is 0.102. The number of hydrogen-bond acceptors (Lipinski definition) is 6. The number of allylic oxidation sites excluding steroid dienone is 1. The number of benzene rings is 5. The van der Waals surface area contributed by atoms with Crippen molar-refractivity contribution in [1.82, 2.24) is 19.9 Å². The molecule has 0 saturated carbocycles. The lowest BCUT2D eigenvalue weighted by atomic mass is 9.76. The van der Waals surface area contributed by atoms with Crippen LogP contribution in [-0.4, -0.2) is 25.6 Å². The zero-order valence-corrected chi connectivity index (χ0v) is 31.8. The second-order valence-corrected chi connectivity index (χ2v) is 14.6. The molecule has 7 nitrogen and oxygen atoms in total. The maximum absolute atomic E-state index is 14.4. The molecule has 57 heavy (non-hydrogen) atoms. The molecule has 280 valence electrons. The van der Waals surface area contributed by atoms with Crippen LogP contribution in [0.2, 0.25) is 0 Å². The Morgan fingerprint density at radius 3 is 2.00 bits per heavy atom. The van der Waals surface area contributed by atoms with Gasteiger partial charge in [-0.3, -0.25) is 15.4 Å². The summed E-state index contributed by atoms with van der Waals surface area (Å²) in [6.45, 7) is 8.55. The number of rotatable bonds is 13. The number of hydrogen-bond donors (Lipinski definition) is 4. The van der Waals surface area contributed by atoms with Crippen molar-refractivity contribution in [3.63, 3.8) is 0 Å². The first-order valence-corrected chi connectivity index (χ1v) is 19.0. The van der Waals surface area contributed by atoms with Crippen molar-refractivity contribution < 1.29 is 4.39 Å². The van der Waals surface area contributed by atoms with Crippen LogP contribution in [0.5, 0.6) is 0 Å². The van der Waals surface area contributed by atoms with Gasteiger partial charge in [0.25, 0.3) is 0 Å². The summed E-state index contributed by atoms with van der Waals surface area (Å²) < 4.78 is 14.4. The molecule has 0 aliphatic rings. The molecule has 0 amide bonds. The Morgan fingerprint density at radius 1 is 0.719 bits per heavy atom. The van der Waals surface area contributed by atoms with E-state index in [2.05, 4.69) is 94.5 Å². The highest BCUT2D eigenvalue weighted by Crippen LogP contribution is 2.42. The van der Waals surface area contributed by atoms with Gasteiger partial charge in [0, 0.05) is 40.5 Å². The highest BCUT2D eigenvalue weighted by atomic mass is 19.1. The van der Waals surface area contributed by atoms with E-state index >= 15 is 0 Å². The maximum atomic E-state index is 14.4. The number of aromatic amines is 1. The van der Waals surface area contributed by atoms with Crippen molar-refractivity contribution in [3.05, 3.63) is 210 Å². The summed E-state index contributed by atoms with van der Waals surface area (Å²) in [5.74, 6) is 0.458. The number of H-pyrrole nitrogens is 1. The molecule has 0 saturated heterocycles. The van der Waals surface area contributed by atoms with Gasteiger partial charge in [-0.15, -0.1) is 0 Å². The van der Waals surface area contributed by atoms with E-state index in [1.54, 1.807) is 24.7 Å². The van der Waals surface area contributed by atoms with Crippen molar-refractivity contribution >= 4 is 28.1 Å². The Morgan fingerprint density at radius 2 is 1.37 bits per heavy atom. The molecule has 0 atom stereocenters. The number of aromatic nitrogens is 4. The smallest absolute Gasteiger partial charge is 0.157 e. The molecule has 3 aromatic heterocycles. The van der Waals surface area contributed by atoms with E-state index in [1.807, 2.05) is 79.0 Å². The summed E-state index contributed by atoms with van der Waals surface area (Å²) in [5, 5.41) is 17.3. The van der Waals surface area contributed by atoms with Crippen LogP contribution in [0.25, 0.3) is 33.3 Å². The van der Waals surface area contributed by atoms with Crippen LogP contribution in [-0.2, 0) is 5.54 Å². The Hall–Kier alpha value is -7.19. The third-order valence-electron chi connectivity index (χ3n) is 10.0. The minimum atomic E-state index is -0.856. The average molecular weight is 748 g/mol. The molecule has 0 radical (unpaired) electrons.